The standard InChI is InChI=1S/C13H17ClN4O2S/c1-9(2)18-7-13(16-8-18)21(19,20)17-6-10-3-4-11(15)5-12(10)14/h3-5,7-9,17H,6,15H2,1-2H3. The van der Waals surface area contributed by atoms with Gasteiger partial charge in [-0.3, -0.25) is 0 Å². The third-order valence-corrected chi connectivity index (χ3v) is 4.62. The molecule has 0 aliphatic rings. The number of anilines is 1. The van der Waals surface area contributed by atoms with E-state index in [9.17, 15) is 8.42 Å². The number of halogens is 1. The molecular formula is C13H17ClN4O2S. The number of hydrogen-bond acceptors (Lipinski definition) is 4. The topological polar surface area (TPSA) is 90.0 Å². The Morgan fingerprint density at radius 1 is 1.43 bits per heavy atom. The van der Waals surface area contributed by atoms with E-state index in [4.69, 9.17) is 17.3 Å². The van der Waals surface area contributed by atoms with E-state index in [1.807, 2.05) is 13.8 Å². The lowest BCUT2D eigenvalue weighted by atomic mass is 10.2. The highest BCUT2D eigenvalue weighted by Crippen LogP contribution is 2.19. The Bertz CT molecular complexity index is 740. The minimum atomic E-state index is -3.67. The van der Waals surface area contributed by atoms with Gasteiger partial charge in [0.2, 0.25) is 0 Å². The van der Waals surface area contributed by atoms with Gasteiger partial charge in [0.15, 0.2) is 5.03 Å². The van der Waals surface area contributed by atoms with E-state index in [-0.39, 0.29) is 17.6 Å². The van der Waals surface area contributed by atoms with Crippen LogP contribution in [0.25, 0.3) is 0 Å². The number of benzene rings is 1. The molecule has 2 aromatic rings. The van der Waals surface area contributed by atoms with Crippen molar-refractivity contribution in [1.82, 2.24) is 14.3 Å². The van der Waals surface area contributed by atoms with Gasteiger partial charge in [-0.05, 0) is 31.5 Å². The van der Waals surface area contributed by atoms with Crippen molar-refractivity contribution in [3.63, 3.8) is 0 Å². The second kappa shape index (κ2) is 6.05. The van der Waals surface area contributed by atoms with Crippen LogP contribution in [0.2, 0.25) is 5.02 Å². The molecule has 0 bridgehead atoms. The number of rotatable bonds is 5. The van der Waals surface area contributed by atoms with Crippen LogP contribution in [0.5, 0.6) is 0 Å². The molecule has 0 atom stereocenters. The van der Waals surface area contributed by atoms with Crippen molar-refractivity contribution in [2.24, 2.45) is 0 Å². The van der Waals surface area contributed by atoms with Crippen LogP contribution in [0.15, 0.2) is 35.7 Å². The summed E-state index contributed by atoms with van der Waals surface area (Å²) in [5.41, 5.74) is 6.78. The number of nitrogens with zero attached hydrogens (tertiary/aromatic N) is 2. The molecule has 3 N–H and O–H groups in total. The monoisotopic (exact) mass is 328 g/mol. The second-order valence-electron chi connectivity index (χ2n) is 4.93. The summed E-state index contributed by atoms with van der Waals surface area (Å²) in [7, 11) is -3.67. The molecule has 0 fully saturated rings. The van der Waals surface area contributed by atoms with Crippen LogP contribution < -0.4 is 10.5 Å². The summed E-state index contributed by atoms with van der Waals surface area (Å²) < 4.78 is 28.5. The number of nitrogens with one attached hydrogen (secondary N) is 1. The van der Waals surface area contributed by atoms with E-state index in [2.05, 4.69) is 9.71 Å². The summed E-state index contributed by atoms with van der Waals surface area (Å²) in [6, 6.07) is 5.09. The lowest BCUT2D eigenvalue weighted by Crippen LogP contribution is -2.23. The fourth-order valence-corrected chi connectivity index (χ4v) is 2.89. The third-order valence-electron chi connectivity index (χ3n) is 2.98. The van der Waals surface area contributed by atoms with Crippen LogP contribution in [0.4, 0.5) is 5.69 Å². The van der Waals surface area contributed by atoms with Crippen molar-refractivity contribution >= 4 is 27.3 Å². The molecule has 0 radical (unpaired) electrons. The predicted molar refractivity (Wildman–Crippen MR) is 82.5 cm³/mol. The quantitative estimate of drug-likeness (QED) is 0.823. The zero-order valence-corrected chi connectivity index (χ0v) is 13.3. The first kappa shape index (κ1) is 15.8. The Labute approximate surface area is 129 Å². The summed E-state index contributed by atoms with van der Waals surface area (Å²) in [6.07, 6.45) is 2.99. The highest BCUT2D eigenvalue weighted by atomic mass is 35.5. The van der Waals surface area contributed by atoms with E-state index in [0.717, 1.165) is 0 Å². The van der Waals surface area contributed by atoms with Crippen LogP contribution in [-0.4, -0.2) is 18.0 Å². The van der Waals surface area contributed by atoms with Gasteiger partial charge in [-0.25, -0.2) is 18.1 Å². The molecule has 0 aliphatic heterocycles. The van der Waals surface area contributed by atoms with Crippen LogP contribution in [0.3, 0.4) is 0 Å². The van der Waals surface area contributed by atoms with Crippen LogP contribution >= 0.6 is 11.6 Å². The number of nitrogens with two attached hydrogens (primary N) is 1. The number of aromatic nitrogens is 2. The van der Waals surface area contributed by atoms with Crippen molar-refractivity contribution < 1.29 is 8.42 Å². The Balaban J connectivity index is 2.13. The van der Waals surface area contributed by atoms with E-state index in [1.165, 1.54) is 12.5 Å². The van der Waals surface area contributed by atoms with Gasteiger partial charge in [0.05, 0.1) is 6.33 Å². The maximum Gasteiger partial charge on any atom is 0.259 e. The average molecular weight is 329 g/mol. The lowest BCUT2D eigenvalue weighted by molar-refractivity contribution is 0.576. The first-order chi connectivity index (χ1) is 9.79. The first-order valence-corrected chi connectivity index (χ1v) is 8.23. The Kier molecular flexibility index (Phi) is 4.55. The van der Waals surface area contributed by atoms with Crippen molar-refractivity contribution in [1.29, 1.82) is 0 Å². The molecule has 0 aliphatic carbocycles. The number of imidazole rings is 1. The number of sulfonamides is 1. The molecule has 21 heavy (non-hydrogen) atoms. The van der Waals surface area contributed by atoms with Crippen molar-refractivity contribution in [2.45, 2.75) is 31.5 Å². The van der Waals surface area contributed by atoms with E-state index in [0.29, 0.717) is 16.3 Å². The van der Waals surface area contributed by atoms with Gasteiger partial charge in [0.25, 0.3) is 10.0 Å². The summed E-state index contributed by atoms with van der Waals surface area (Å²) in [6.45, 7) is 3.97. The molecule has 6 nitrogen and oxygen atoms in total. The van der Waals surface area contributed by atoms with Crippen molar-refractivity contribution in [3.8, 4) is 0 Å². The highest BCUT2D eigenvalue weighted by molar-refractivity contribution is 7.89. The number of hydrogen-bond donors (Lipinski definition) is 2. The minimum absolute atomic E-state index is 0.0113. The normalized spacial score (nSPS) is 12.0. The molecule has 0 unspecified atom stereocenters. The third kappa shape index (κ3) is 3.75. The van der Waals surface area contributed by atoms with Crippen LogP contribution in [-0.2, 0) is 16.6 Å². The van der Waals surface area contributed by atoms with Gasteiger partial charge in [-0.1, -0.05) is 17.7 Å². The van der Waals surface area contributed by atoms with Crippen LogP contribution in [0, 0.1) is 0 Å². The van der Waals surface area contributed by atoms with E-state index >= 15 is 0 Å². The fraction of sp³-hybridized carbons (Fsp3) is 0.308. The molecular weight excluding hydrogens is 312 g/mol. The molecule has 2 rings (SSSR count). The van der Waals surface area contributed by atoms with Gasteiger partial charge in [0, 0.05) is 29.5 Å². The summed E-state index contributed by atoms with van der Waals surface area (Å²) in [5.74, 6) is 0. The molecule has 0 saturated heterocycles. The van der Waals surface area contributed by atoms with Gasteiger partial charge >= 0.3 is 0 Å². The molecule has 1 aromatic carbocycles. The Morgan fingerprint density at radius 3 is 2.71 bits per heavy atom. The zero-order chi connectivity index (χ0) is 15.6. The second-order valence-corrected chi connectivity index (χ2v) is 7.05. The molecule has 1 aromatic heterocycles. The summed E-state index contributed by atoms with van der Waals surface area (Å²) >= 11 is 6.02. The number of nitrogen functional groups attached to an aromatic ring is 1. The smallest absolute Gasteiger partial charge is 0.259 e. The molecule has 0 saturated carbocycles. The molecule has 114 valence electrons. The van der Waals surface area contributed by atoms with Crippen molar-refractivity contribution in [3.05, 3.63) is 41.3 Å². The van der Waals surface area contributed by atoms with E-state index in [1.54, 1.807) is 22.8 Å². The first-order valence-electron chi connectivity index (χ1n) is 6.36. The molecule has 0 amide bonds. The predicted octanol–water partition coefficient (Wildman–Crippen LogP) is 2.18. The van der Waals surface area contributed by atoms with Gasteiger partial charge < -0.3 is 10.3 Å². The van der Waals surface area contributed by atoms with Crippen LogP contribution in [0.1, 0.15) is 25.5 Å². The minimum Gasteiger partial charge on any atom is -0.399 e. The largest absolute Gasteiger partial charge is 0.399 e. The Morgan fingerprint density at radius 2 is 2.14 bits per heavy atom. The summed E-state index contributed by atoms with van der Waals surface area (Å²) in [4.78, 5) is 3.92. The zero-order valence-electron chi connectivity index (χ0n) is 11.7. The highest BCUT2D eigenvalue weighted by Gasteiger charge is 2.18. The maximum atomic E-state index is 12.2. The fourth-order valence-electron chi connectivity index (χ4n) is 1.69. The lowest BCUT2D eigenvalue weighted by Gasteiger charge is -2.07. The van der Waals surface area contributed by atoms with Gasteiger partial charge in [0.1, 0.15) is 0 Å². The molecule has 8 heteroatoms. The van der Waals surface area contributed by atoms with Gasteiger partial charge in [-0.15, -0.1) is 0 Å². The SMILES string of the molecule is CC(C)n1cnc(S(=O)(=O)NCc2ccc(N)cc2Cl)c1. The molecule has 0 spiro atoms. The Hall–Kier alpha value is -1.57. The average Bonchev–Trinajstić information content (AvgIpc) is 2.88. The molecule has 1 heterocycles. The van der Waals surface area contributed by atoms with Crippen molar-refractivity contribution in [2.75, 3.05) is 5.73 Å². The van der Waals surface area contributed by atoms with Gasteiger partial charge in [-0.2, -0.15) is 0 Å². The van der Waals surface area contributed by atoms with E-state index < -0.39 is 10.0 Å². The summed E-state index contributed by atoms with van der Waals surface area (Å²) in [5, 5.41) is 0.410. The maximum absolute atomic E-state index is 12.2.